The predicted molar refractivity (Wildman–Crippen MR) is 68.4 cm³/mol. The molecule has 0 bridgehead atoms. The molecule has 0 saturated heterocycles. The van der Waals surface area contributed by atoms with Gasteiger partial charge in [-0.1, -0.05) is 12.1 Å². The molecule has 1 atom stereocenters. The number of carbonyl (C=O) groups excluding carboxylic acids is 1. The maximum atomic E-state index is 12.8. The van der Waals surface area contributed by atoms with E-state index in [1.165, 1.54) is 24.5 Å². The molecule has 0 aliphatic heterocycles. The number of hydrogen-bond donors (Lipinski definition) is 3. The summed E-state index contributed by atoms with van der Waals surface area (Å²) in [5.41, 5.74) is -1.22. The number of benzene rings is 1. The lowest BCUT2D eigenvalue weighted by molar-refractivity contribution is -0.136. The van der Waals surface area contributed by atoms with Gasteiger partial charge in [0.1, 0.15) is 12.2 Å². The Bertz CT molecular complexity index is 612. The summed E-state index contributed by atoms with van der Waals surface area (Å²) in [5.74, 6) is 0.397. The van der Waals surface area contributed by atoms with Gasteiger partial charge in [0.15, 0.2) is 0 Å². The maximum absolute atomic E-state index is 12.8. The largest absolute Gasteiger partial charge is 0.418 e. The van der Waals surface area contributed by atoms with Crippen LogP contribution in [0.1, 0.15) is 24.4 Å². The smallest absolute Gasteiger partial charge is 0.328 e. The van der Waals surface area contributed by atoms with Crippen LogP contribution in [-0.2, 0) is 6.18 Å². The van der Waals surface area contributed by atoms with E-state index >= 15 is 0 Å². The zero-order chi connectivity index (χ0) is 15.5. The Hall–Kier alpha value is -2.58. The molecule has 0 spiro atoms. The van der Waals surface area contributed by atoms with Gasteiger partial charge >= 0.3 is 12.2 Å². The number of aromatic nitrogens is 3. The van der Waals surface area contributed by atoms with Crippen molar-refractivity contribution in [2.75, 3.05) is 5.32 Å². The molecule has 0 fully saturated rings. The van der Waals surface area contributed by atoms with Gasteiger partial charge in [0.05, 0.1) is 17.3 Å². The normalized spacial score (nSPS) is 12.8. The van der Waals surface area contributed by atoms with E-state index in [2.05, 4.69) is 25.8 Å². The highest BCUT2D eigenvalue weighted by Crippen LogP contribution is 2.34. The molecule has 2 amide bonds. The Morgan fingerprint density at radius 1 is 1.33 bits per heavy atom. The average molecular weight is 299 g/mol. The highest BCUT2D eigenvalue weighted by molar-refractivity contribution is 5.90. The van der Waals surface area contributed by atoms with E-state index in [1.54, 1.807) is 6.92 Å². The lowest BCUT2D eigenvalue weighted by Crippen LogP contribution is -2.32. The Labute approximate surface area is 117 Å². The number of halogens is 3. The first kappa shape index (κ1) is 14.8. The SMILES string of the molecule is CC(NC(=O)Nc1ccccc1C(F)(F)F)c1ncn[nH]1. The molecule has 2 aromatic rings. The van der Waals surface area contributed by atoms with Gasteiger partial charge in [0, 0.05) is 0 Å². The number of aromatic amines is 1. The van der Waals surface area contributed by atoms with Crippen molar-refractivity contribution in [3.05, 3.63) is 42.0 Å². The second kappa shape index (κ2) is 5.81. The Balaban J connectivity index is 2.07. The maximum Gasteiger partial charge on any atom is 0.418 e. The molecule has 1 aromatic carbocycles. The highest BCUT2D eigenvalue weighted by Gasteiger charge is 2.33. The minimum atomic E-state index is -4.54. The molecule has 1 aromatic heterocycles. The van der Waals surface area contributed by atoms with Crippen molar-refractivity contribution < 1.29 is 18.0 Å². The number of H-pyrrole nitrogens is 1. The minimum Gasteiger partial charge on any atom is -0.328 e. The summed E-state index contributed by atoms with van der Waals surface area (Å²) in [6, 6.07) is 3.45. The van der Waals surface area contributed by atoms with Gasteiger partial charge in [0.2, 0.25) is 0 Å². The number of amides is 2. The molecule has 0 aliphatic carbocycles. The third kappa shape index (κ3) is 3.71. The van der Waals surface area contributed by atoms with E-state index in [1.807, 2.05) is 0 Å². The molecule has 1 heterocycles. The van der Waals surface area contributed by atoms with Crippen molar-refractivity contribution in [3.8, 4) is 0 Å². The van der Waals surface area contributed by atoms with Crippen molar-refractivity contribution in [1.29, 1.82) is 0 Å². The number of anilines is 1. The number of hydrogen-bond acceptors (Lipinski definition) is 3. The zero-order valence-electron chi connectivity index (χ0n) is 10.9. The van der Waals surface area contributed by atoms with E-state index in [9.17, 15) is 18.0 Å². The van der Waals surface area contributed by atoms with Gasteiger partial charge in [-0.3, -0.25) is 5.10 Å². The highest BCUT2D eigenvalue weighted by atomic mass is 19.4. The third-order valence-electron chi connectivity index (χ3n) is 2.67. The molecule has 1 unspecified atom stereocenters. The molecule has 0 aliphatic rings. The summed E-state index contributed by atoms with van der Waals surface area (Å²) in [7, 11) is 0. The first-order valence-electron chi connectivity index (χ1n) is 5.97. The number of nitrogens with zero attached hydrogens (tertiary/aromatic N) is 2. The molecule has 2 rings (SSSR count). The number of urea groups is 1. The van der Waals surface area contributed by atoms with Crippen LogP contribution < -0.4 is 10.6 Å². The zero-order valence-corrected chi connectivity index (χ0v) is 10.9. The molecule has 9 heteroatoms. The van der Waals surface area contributed by atoms with E-state index in [0.717, 1.165) is 6.07 Å². The van der Waals surface area contributed by atoms with Gasteiger partial charge < -0.3 is 10.6 Å². The van der Waals surface area contributed by atoms with Gasteiger partial charge in [-0.05, 0) is 19.1 Å². The monoisotopic (exact) mass is 299 g/mol. The number of nitrogens with one attached hydrogen (secondary N) is 3. The van der Waals surface area contributed by atoms with Crippen molar-refractivity contribution in [3.63, 3.8) is 0 Å². The molecular weight excluding hydrogens is 287 g/mol. The first-order valence-corrected chi connectivity index (χ1v) is 5.97. The van der Waals surface area contributed by atoms with Gasteiger partial charge in [0.25, 0.3) is 0 Å². The second-order valence-corrected chi connectivity index (χ2v) is 4.23. The second-order valence-electron chi connectivity index (χ2n) is 4.23. The fourth-order valence-corrected chi connectivity index (χ4v) is 1.69. The Morgan fingerprint density at radius 2 is 2.05 bits per heavy atom. The van der Waals surface area contributed by atoms with Crippen LogP contribution in [0.2, 0.25) is 0 Å². The van der Waals surface area contributed by atoms with Crippen LogP contribution in [-0.4, -0.2) is 21.2 Å². The molecule has 0 saturated carbocycles. The fourth-order valence-electron chi connectivity index (χ4n) is 1.69. The lowest BCUT2D eigenvalue weighted by Gasteiger charge is -2.15. The topological polar surface area (TPSA) is 82.7 Å². The van der Waals surface area contributed by atoms with Gasteiger partial charge in [-0.25, -0.2) is 9.78 Å². The predicted octanol–water partition coefficient (Wildman–Crippen LogP) is 2.71. The number of carbonyl (C=O) groups is 1. The molecule has 21 heavy (non-hydrogen) atoms. The summed E-state index contributed by atoms with van der Waals surface area (Å²) >= 11 is 0. The summed E-state index contributed by atoms with van der Waals surface area (Å²) in [6.07, 6.45) is -3.27. The van der Waals surface area contributed by atoms with E-state index < -0.39 is 23.8 Å². The third-order valence-corrected chi connectivity index (χ3v) is 2.67. The van der Waals surface area contributed by atoms with Gasteiger partial charge in [-0.2, -0.15) is 18.3 Å². The summed E-state index contributed by atoms with van der Waals surface area (Å²) in [5, 5.41) is 10.8. The average Bonchev–Trinajstić information content (AvgIpc) is 2.91. The number of rotatable bonds is 3. The van der Waals surface area contributed by atoms with Crippen LogP contribution in [0.4, 0.5) is 23.7 Å². The molecule has 112 valence electrons. The lowest BCUT2D eigenvalue weighted by atomic mass is 10.1. The van der Waals surface area contributed by atoms with Crippen molar-refractivity contribution >= 4 is 11.7 Å². The van der Waals surface area contributed by atoms with E-state index in [-0.39, 0.29) is 5.69 Å². The van der Waals surface area contributed by atoms with Crippen molar-refractivity contribution in [2.24, 2.45) is 0 Å². The van der Waals surface area contributed by atoms with Crippen molar-refractivity contribution in [1.82, 2.24) is 20.5 Å². The first-order chi connectivity index (χ1) is 9.88. The fraction of sp³-hybridized carbons (Fsp3) is 0.250. The quantitative estimate of drug-likeness (QED) is 0.815. The van der Waals surface area contributed by atoms with Crippen LogP contribution in [0.15, 0.2) is 30.6 Å². The number of para-hydroxylation sites is 1. The van der Waals surface area contributed by atoms with Crippen molar-refractivity contribution in [2.45, 2.75) is 19.1 Å². The minimum absolute atomic E-state index is 0.313. The Kier molecular flexibility index (Phi) is 4.10. The summed E-state index contributed by atoms with van der Waals surface area (Å²) in [4.78, 5) is 15.6. The van der Waals surface area contributed by atoms with E-state index in [4.69, 9.17) is 0 Å². The van der Waals surface area contributed by atoms with Crippen LogP contribution >= 0.6 is 0 Å². The summed E-state index contributed by atoms with van der Waals surface area (Å²) < 4.78 is 38.4. The summed E-state index contributed by atoms with van der Waals surface area (Å²) in [6.45, 7) is 1.62. The molecule has 3 N–H and O–H groups in total. The van der Waals surface area contributed by atoms with Crippen LogP contribution in [0.3, 0.4) is 0 Å². The molecule has 0 radical (unpaired) electrons. The van der Waals surface area contributed by atoms with Crippen LogP contribution in [0.25, 0.3) is 0 Å². The standard InChI is InChI=1S/C12H12F3N5O/c1-7(10-16-6-17-20-10)18-11(21)19-9-5-3-2-4-8(9)12(13,14)15/h2-7H,1H3,(H,16,17,20)(H2,18,19,21). The number of alkyl halides is 3. The molecular formula is C12H12F3N5O. The van der Waals surface area contributed by atoms with Crippen LogP contribution in [0, 0.1) is 0 Å². The Morgan fingerprint density at radius 3 is 2.67 bits per heavy atom. The van der Waals surface area contributed by atoms with Crippen LogP contribution in [0.5, 0.6) is 0 Å². The van der Waals surface area contributed by atoms with Gasteiger partial charge in [-0.15, -0.1) is 0 Å². The molecule has 6 nitrogen and oxygen atoms in total. The van der Waals surface area contributed by atoms with E-state index in [0.29, 0.717) is 5.82 Å².